The third-order valence-corrected chi connectivity index (χ3v) is 5.87. The molecule has 0 aliphatic heterocycles. The largest absolute Gasteiger partial charge is 0.497 e. The van der Waals surface area contributed by atoms with Gasteiger partial charge in [0.1, 0.15) is 5.75 Å². The van der Waals surface area contributed by atoms with Gasteiger partial charge in [0, 0.05) is 4.47 Å². The predicted molar refractivity (Wildman–Crippen MR) is 91.3 cm³/mol. The number of nitrogens with one attached hydrogen (secondary N) is 1. The van der Waals surface area contributed by atoms with E-state index in [2.05, 4.69) is 65.2 Å². The predicted octanol–water partition coefficient (Wildman–Crippen LogP) is 5.35. The molecular weight excluding hydrogens is 458 g/mol. The Hall–Kier alpha value is 0.120. The summed E-state index contributed by atoms with van der Waals surface area (Å²) < 4.78 is 8.50. The van der Waals surface area contributed by atoms with Crippen molar-refractivity contribution >= 4 is 59.1 Å². The van der Waals surface area contributed by atoms with Crippen LogP contribution in [-0.4, -0.2) is 14.2 Å². The van der Waals surface area contributed by atoms with E-state index in [1.54, 1.807) is 18.4 Å². The van der Waals surface area contributed by atoms with Crippen molar-refractivity contribution in [3.63, 3.8) is 0 Å². The fraction of sp³-hybridized carbons (Fsp3) is 0.231. The molecule has 1 N–H and O–H groups in total. The number of halogens is 3. The fourth-order valence-corrected chi connectivity index (χ4v) is 5.39. The lowest BCUT2D eigenvalue weighted by Gasteiger charge is -2.18. The van der Waals surface area contributed by atoms with E-state index in [9.17, 15) is 0 Å². The first-order valence-corrected chi connectivity index (χ1v) is 8.71. The van der Waals surface area contributed by atoms with E-state index in [0.29, 0.717) is 0 Å². The molecule has 0 spiro atoms. The van der Waals surface area contributed by atoms with Crippen LogP contribution in [0.4, 0.5) is 0 Å². The van der Waals surface area contributed by atoms with Gasteiger partial charge in [-0.3, -0.25) is 0 Å². The van der Waals surface area contributed by atoms with Gasteiger partial charge in [0.15, 0.2) is 0 Å². The number of methoxy groups -OCH3 is 1. The number of rotatable bonds is 4. The molecule has 0 radical (unpaired) electrons. The zero-order valence-electron chi connectivity index (χ0n) is 10.3. The quantitative estimate of drug-likeness (QED) is 0.651. The highest BCUT2D eigenvalue weighted by atomic mass is 79.9. The van der Waals surface area contributed by atoms with Gasteiger partial charge in [0.05, 0.1) is 20.7 Å². The monoisotopic (exact) mass is 467 g/mol. The van der Waals surface area contributed by atoms with Crippen molar-refractivity contribution in [2.75, 3.05) is 14.2 Å². The molecule has 1 atom stereocenters. The fourth-order valence-electron chi connectivity index (χ4n) is 1.90. The molecule has 1 aromatic heterocycles. The van der Waals surface area contributed by atoms with Gasteiger partial charge in [-0.1, -0.05) is 22.0 Å². The Morgan fingerprint density at radius 2 is 1.89 bits per heavy atom. The normalized spacial score (nSPS) is 12.5. The van der Waals surface area contributed by atoms with Crippen LogP contribution in [0.1, 0.15) is 17.2 Å². The van der Waals surface area contributed by atoms with Crippen molar-refractivity contribution in [2.24, 2.45) is 0 Å². The van der Waals surface area contributed by atoms with Gasteiger partial charge in [-0.15, -0.1) is 11.3 Å². The van der Waals surface area contributed by atoms with Gasteiger partial charge < -0.3 is 10.1 Å². The number of benzene rings is 1. The van der Waals surface area contributed by atoms with E-state index in [-0.39, 0.29) is 6.04 Å². The van der Waals surface area contributed by atoms with Gasteiger partial charge in [-0.25, -0.2) is 0 Å². The topological polar surface area (TPSA) is 21.3 Å². The average Bonchev–Trinajstić information content (AvgIpc) is 2.71. The van der Waals surface area contributed by atoms with Gasteiger partial charge in [0.2, 0.25) is 0 Å². The molecule has 0 saturated heterocycles. The number of ether oxygens (including phenoxy) is 1. The maximum absolute atomic E-state index is 5.23. The molecule has 0 bridgehead atoms. The highest BCUT2D eigenvalue weighted by molar-refractivity contribution is 9.12. The summed E-state index contributed by atoms with van der Waals surface area (Å²) in [6.07, 6.45) is 0. The zero-order valence-corrected chi connectivity index (χ0v) is 15.9. The summed E-state index contributed by atoms with van der Waals surface area (Å²) in [6.45, 7) is 0. The molecule has 6 heteroatoms. The first-order valence-electron chi connectivity index (χ1n) is 5.52. The Bertz CT molecular complexity index is 585. The zero-order chi connectivity index (χ0) is 14.0. The van der Waals surface area contributed by atoms with Crippen LogP contribution in [0.15, 0.2) is 36.3 Å². The van der Waals surface area contributed by atoms with Crippen LogP contribution in [0.25, 0.3) is 0 Å². The van der Waals surface area contributed by atoms with Crippen molar-refractivity contribution in [2.45, 2.75) is 6.04 Å². The molecule has 2 nitrogen and oxygen atoms in total. The summed E-state index contributed by atoms with van der Waals surface area (Å²) >= 11 is 12.4. The highest BCUT2D eigenvalue weighted by Crippen LogP contribution is 2.40. The molecular formula is C13H12Br3NOS. The van der Waals surface area contributed by atoms with Crippen molar-refractivity contribution in [3.05, 3.63) is 47.4 Å². The number of hydrogen-bond donors (Lipinski definition) is 1. The lowest BCUT2D eigenvalue weighted by atomic mass is 10.0. The summed E-state index contributed by atoms with van der Waals surface area (Å²) in [5.41, 5.74) is 2.39. The molecule has 0 amide bonds. The third kappa shape index (κ3) is 3.42. The van der Waals surface area contributed by atoms with Crippen LogP contribution < -0.4 is 10.1 Å². The first-order chi connectivity index (χ1) is 9.06. The minimum Gasteiger partial charge on any atom is -0.497 e. The van der Waals surface area contributed by atoms with Gasteiger partial charge in [-0.05, 0) is 68.2 Å². The molecule has 0 saturated carbocycles. The second-order valence-corrected chi connectivity index (χ2v) is 8.49. The Kier molecular flexibility index (Phi) is 5.48. The molecule has 0 aliphatic rings. The van der Waals surface area contributed by atoms with E-state index in [0.717, 1.165) is 17.8 Å². The summed E-state index contributed by atoms with van der Waals surface area (Å²) in [5, 5.41) is 3.35. The van der Waals surface area contributed by atoms with Crippen LogP contribution in [0.5, 0.6) is 5.75 Å². The minimum atomic E-state index is 0.122. The first kappa shape index (κ1) is 15.5. The standard InChI is InChI=1S/C13H12Br3NOS/c1-17-12(9-6-11(15)19-13(9)16)8-4-3-7(18-2)5-10(8)14/h3-6,12,17H,1-2H3. The van der Waals surface area contributed by atoms with E-state index in [4.69, 9.17) is 4.74 Å². The second-order valence-electron chi connectivity index (χ2n) is 3.89. The van der Waals surface area contributed by atoms with Crippen LogP contribution in [0.2, 0.25) is 0 Å². The molecule has 2 rings (SSSR count). The van der Waals surface area contributed by atoms with Crippen molar-refractivity contribution in [1.82, 2.24) is 5.32 Å². The molecule has 19 heavy (non-hydrogen) atoms. The Balaban J connectivity index is 2.45. The summed E-state index contributed by atoms with van der Waals surface area (Å²) in [5.74, 6) is 0.844. The van der Waals surface area contributed by atoms with Crippen LogP contribution in [-0.2, 0) is 0 Å². The van der Waals surface area contributed by atoms with Crippen LogP contribution >= 0.6 is 59.1 Å². The Morgan fingerprint density at radius 1 is 1.16 bits per heavy atom. The van der Waals surface area contributed by atoms with E-state index < -0.39 is 0 Å². The van der Waals surface area contributed by atoms with E-state index in [1.807, 2.05) is 19.2 Å². The van der Waals surface area contributed by atoms with E-state index >= 15 is 0 Å². The summed E-state index contributed by atoms with van der Waals surface area (Å²) in [6, 6.07) is 8.28. The smallest absolute Gasteiger partial charge is 0.120 e. The summed E-state index contributed by atoms with van der Waals surface area (Å²) in [7, 11) is 3.63. The second kappa shape index (κ2) is 6.72. The van der Waals surface area contributed by atoms with Crippen LogP contribution in [0.3, 0.4) is 0 Å². The van der Waals surface area contributed by atoms with Crippen LogP contribution in [0, 0.1) is 0 Å². The van der Waals surface area contributed by atoms with Crippen molar-refractivity contribution in [1.29, 1.82) is 0 Å². The molecule has 102 valence electrons. The number of hydrogen-bond acceptors (Lipinski definition) is 3. The Morgan fingerprint density at radius 3 is 2.37 bits per heavy atom. The highest BCUT2D eigenvalue weighted by Gasteiger charge is 2.20. The summed E-state index contributed by atoms with van der Waals surface area (Å²) in [4.78, 5) is 0. The van der Waals surface area contributed by atoms with Crippen molar-refractivity contribution in [3.8, 4) is 5.75 Å². The van der Waals surface area contributed by atoms with E-state index in [1.165, 1.54) is 11.1 Å². The molecule has 0 fully saturated rings. The molecule has 1 heterocycles. The molecule has 1 unspecified atom stereocenters. The van der Waals surface area contributed by atoms with Gasteiger partial charge in [0.25, 0.3) is 0 Å². The average molecular weight is 470 g/mol. The number of thiophene rings is 1. The molecule has 1 aromatic carbocycles. The van der Waals surface area contributed by atoms with Crippen molar-refractivity contribution < 1.29 is 4.74 Å². The SMILES string of the molecule is CNC(c1ccc(OC)cc1Br)c1cc(Br)sc1Br. The Labute approximate surface area is 141 Å². The minimum absolute atomic E-state index is 0.122. The third-order valence-electron chi connectivity index (χ3n) is 2.80. The molecule has 0 aliphatic carbocycles. The molecule has 2 aromatic rings. The maximum Gasteiger partial charge on any atom is 0.120 e. The maximum atomic E-state index is 5.23. The lowest BCUT2D eigenvalue weighted by molar-refractivity contribution is 0.414. The lowest BCUT2D eigenvalue weighted by Crippen LogP contribution is -2.17. The van der Waals surface area contributed by atoms with Gasteiger partial charge >= 0.3 is 0 Å². The van der Waals surface area contributed by atoms with Gasteiger partial charge in [-0.2, -0.15) is 0 Å².